The Morgan fingerprint density at radius 2 is 2.29 bits per heavy atom. The van der Waals surface area contributed by atoms with Crippen LogP contribution in [-0.4, -0.2) is 25.8 Å². The minimum Gasteiger partial charge on any atom is -0.496 e. The molecule has 1 aromatic rings. The monoisotopic (exact) mass is 259 g/mol. The minimum absolute atomic E-state index is 0.520. The summed E-state index contributed by atoms with van der Waals surface area (Å²) < 4.78 is 5.95. The third-order valence-corrected chi connectivity index (χ3v) is 2.82. The zero-order valence-corrected chi connectivity index (χ0v) is 9.84. The predicted molar refractivity (Wildman–Crippen MR) is 59.6 cm³/mol. The first-order valence-electron chi connectivity index (χ1n) is 4.35. The van der Waals surface area contributed by atoms with Gasteiger partial charge in [0, 0.05) is 6.54 Å². The summed E-state index contributed by atoms with van der Waals surface area (Å²) in [6.45, 7) is 0.520. The van der Waals surface area contributed by atoms with Crippen molar-refractivity contribution >= 4 is 15.9 Å². The lowest BCUT2D eigenvalue weighted by molar-refractivity contribution is 0.176. The van der Waals surface area contributed by atoms with Crippen molar-refractivity contribution in [3.63, 3.8) is 0 Å². The summed E-state index contributed by atoms with van der Waals surface area (Å²) in [4.78, 5) is 0. The summed E-state index contributed by atoms with van der Waals surface area (Å²) in [6, 6.07) is 5.58. The maximum atomic E-state index is 9.77. The Hall–Kier alpha value is -0.580. The number of rotatable bonds is 4. The van der Waals surface area contributed by atoms with Crippen molar-refractivity contribution in [3.05, 3.63) is 28.2 Å². The lowest BCUT2D eigenvalue weighted by Crippen LogP contribution is -2.17. The van der Waals surface area contributed by atoms with Gasteiger partial charge in [0.2, 0.25) is 0 Å². The van der Waals surface area contributed by atoms with Gasteiger partial charge in [-0.25, -0.2) is 0 Å². The highest BCUT2D eigenvalue weighted by molar-refractivity contribution is 9.10. The Morgan fingerprint density at radius 3 is 2.86 bits per heavy atom. The molecule has 0 aliphatic carbocycles. The Balaban J connectivity index is 2.96. The summed E-state index contributed by atoms with van der Waals surface area (Å²) in [5.74, 6) is 0.734. The molecule has 0 aromatic heterocycles. The number of benzene rings is 1. The summed E-state index contributed by atoms with van der Waals surface area (Å²) in [5, 5.41) is 12.7. The summed E-state index contributed by atoms with van der Waals surface area (Å²) in [7, 11) is 3.41. The third kappa shape index (κ3) is 2.47. The number of aliphatic hydroxyl groups is 1. The Kier molecular flexibility index (Phi) is 4.38. The highest BCUT2D eigenvalue weighted by atomic mass is 79.9. The van der Waals surface area contributed by atoms with E-state index in [4.69, 9.17) is 4.74 Å². The van der Waals surface area contributed by atoms with Gasteiger partial charge < -0.3 is 15.2 Å². The van der Waals surface area contributed by atoms with Gasteiger partial charge >= 0.3 is 0 Å². The van der Waals surface area contributed by atoms with Gasteiger partial charge in [0.25, 0.3) is 0 Å². The molecule has 1 unspecified atom stereocenters. The molecule has 0 heterocycles. The van der Waals surface area contributed by atoms with Crippen molar-refractivity contribution in [2.24, 2.45) is 0 Å². The predicted octanol–water partition coefficient (Wildman–Crippen LogP) is 1.71. The topological polar surface area (TPSA) is 41.5 Å². The van der Waals surface area contributed by atoms with Crippen molar-refractivity contribution in [1.82, 2.24) is 5.32 Å². The number of methoxy groups -OCH3 is 1. The van der Waals surface area contributed by atoms with Crippen LogP contribution in [0, 0.1) is 0 Å². The minimum atomic E-state index is -0.524. The molecule has 1 atom stereocenters. The van der Waals surface area contributed by atoms with Gasteiger partial charge in [-0.2, -0.15) is 0 Å². The van der Waals surface area contributed by atoms with Gasteiger partial charge in [-0.3, -0.25) is 0 Å². The van der Waals surface area contributed by atoms with Gasteiger partial charge in [0.05, 0.1) is 17.7 Å². The first-order valence-corrected chi connectivity index (χ1v) is 5.15. The summed E-state index contributed by atoms with van der Waals surface area (Å²) in [6.07, 6.45) is -0.524. The van der Waals surface area contributed by atoms with E-state index in [1.807, 2.05) is 18.2 Å². The number of ether oxygens (including phenoxy) is 1. The van der Waals surface area contributed by atoms with Crippen LogP contribution in [0.2, 0.25) is 0 Å². The van der Waals surface area contributed by atoms with Crippen molar-refractivity contribution in [3.8, 4) is 5.75 Å². The van der Waals surface area contributed by atoms with Crippen LogP contribution in [0.4, 0.5) is 0 Å². The average molecular weight is 260 g/mol. The molecule has 0 amide bonds. The lowest BCUT2D eigenvalue weighted by atomic mass is 10.1. The first-order chi connectivity index (χ1) is 6.70. The molecule has 1 aromatic carbocycles. The van der Waals surface area contributed by atoms with Gasteiger partial charge in [0.1, 0.15) is 5.75 Å². The van der Waals surface area contributed by atoms with Gasteiger partial charge in [-0.1, -0.05) is 12.1 Å². The zero-order valence-electron chi connectivity index (χ0n) is 8.25. The SMILES string of the molecule is CNCC(O)c1cccc(OC)c1Br. The zero-order chi connectivity index (χ0) is 10.6. The van der Waals surface area contributed by atoms with Crippen LogP contribution in [0.1, 0.15) is 11.7 Å². The molecule has 0 aliphatic rings. The first kappa shape index (κ1) is 11.5. The van der Waals surface area contributed by atoms with Crippen LogP contribution < -0.4 is 10.1 Å². The maximum absolute atomic E-state index is 9.77. The van der Waals surface area contributed by atoms with Crippen LogP contribution in [0.15, 0.2) is 22.7 Å². The largest absolute Gasteiger partial charge is 0.496 e. The molecule has 1 rings (SSSR count). The summed E-state index contributed by atoms with van der Waals surface area (Å²) in [5.41, 5.74) is 0.832. The average Bonchev–Trinajstić information content (AvgIpc) is 2.18. The molecule has 14 heavy (non-hydrogen) atoms. The number of nitrogens with one attached hydrogen (secondary N) is 1. The number of halogens is 1. The van der Waals surface area contributed by atoms with Crippen molar-refractivity contribution in [2.45, 2.75) is 6.10 Å². The van der Waals surface area contributed by atoms with E-state index in [1.54, 1.807) is 14.2 Å². The van der Waals surface area contributed by atoms with E-state index < -0.39 is 6.10 Å². The van der Waals surface area contributed by atoms with Crippen LogP contribution in [-0.2, 0) is 0 Å². The van der Waals surface area contributed by atoms with E-state index in [2.05, 4.69) is 21.2 Å². The van der Waals surface area contributed by atoms with E-state index in [0.29, 0.717) is 6.54 Å². The smallest absolute Gasteiger partial charge is 0.133 e. The van der Waals surface area contributed by atoms with Gasteiger partial charge in [0.15, 0.2) is 0 Å². The van der Waals surface area contributed by atoms with E-state index in [1.165, 1.54) is 0 Å². The van der Waals surface area contributed by atoms with Crippen LogP contribution >= 0.6 is 15.9 Å². The van der Waals surface area contributed by atoms with Crippen molar-refractivity contribution < 1.29 is 9.84 Å². The number of hydrogen-bond donors (Lipinski definition) is 2. The quantitative estimate of drug-likeness (QED) is 0.866. The van der Waals surface area contributed by atoms with E-state index in [-0.39, 0.29) is 0 Å². The molecule has 0 aliphatic heterocycles. The molecule has 3 nitrogen and oxygen atoms in total. The van der Waals surface area contributed by atoms with E-state index in [0.717, 1.165) is 15.8 Å². The van der Waals surface area contributed by atoms with E-state index in [9.17, 15) is 5.11 Å². The molecular formula is C10H14BrNO2. The lowest BCUT2D eigenvalue weighted by Gasteiger charge is -2.14. The second kappa shape index (κ2) is 5.34. The van der Waals surface area contributed by atoms with Crippen molar-refractivity contribution in [1.29, 1.82) is 0 Å². The Labute approximate surface area is 92.2 Å². The molecule has 0 radical (unpaired) electrons. The van der Waals surface area contributed by atoms with Gasteiger partial charge in [-0.15, -0.1) is 0 Å². The summed E-state index contributed by atoms with van der Waals surface area (Å²) >= 11 is 3.40. The van der Waals surface area contributed by atoms with E-state index >= 15 is 0 Å². The molecule has 0 fully saturated rings. The maximum Gasteiger partial charge on any atom is 0.133 e. The number of hydrogen-bond acceptors (Lipinski definition) is 3. The third-order valence-electron chi connectivity index (χ3n) is 1.97. The molecule has 0 spiro atoms. The van der Waals surface area contributed by atoms with Crippen molar-refractivity contribution in [2.75, 3.05) is 20.7 Å². The Morgan fingerprint density at radius 1 is 1.57 bits per heavy atom. The fourth-order valence-electron chi connectivity index (χ4n) is 1.25. The van der Waals surface area contributed by atoms with Crippen LogP contribution in [0.25, 0.3) is 0 Å². The molecule has 0 saturated carbocycles. The number of aliphatic hydroxyl groups excluding tert-OH is 1. The molecule has 0 bridgehead atoms. The molecule has 78 valence electrons. The van der Waals surface area contributed by atoms with Crippen LogP contribution in [0.5, 0.6) is 5.75 Å². The Bertz CT molecular complexity index is 304. The highest BCUT2D eigenvalue weighted by Gasteiger charge is 2.12. The fourth-order valence-corrected chi connectivity index (χ4v) is 1.94. The molecule has 4 heteroatoms. The normalized spacial score (nSPS) is 12.6. The van der Waals surface area contributed by atoms with Crippen LogP contribution in [0.3, 0.4) is 0 Å². The second-order valence-corrected chi connectivity index (χ2v) is 3.73. The highest BCUT2D eigenvalue weighted by Crippen LogP contribution is 2.31. The number of likely N-dealkylation sites (N-methyl/N-ethyl adjacent to an activating group) is 1. The standard InChI is InChI=1S/C10H14BrNO2/c1-12-6-8(13)7-4-3-5-9(14-2)10(7)11/h3-5,8,12-13H,6H2,1-2H3. The van der Waals surface area contributed by atoms with Gasteiger partial charge in [-0.05, 0) is 34.6 Å². The fraction of sp³-hybridized carbons (Fsp3) is 0.400. The molecule has 0 saturated heterocycles. The molecular weight excluding hydrogens is 246 g/mol. The second-order valence-electron chi connectivity index (χ2n) is 2.94. The molecule has 2 N–H and O–H groups in total.